The van der Waals surface area contributed by atoms with Gasteiger partial charge in [-0.05, 0) is 36.4 Å². The Morgan fingerprint density at radius 3 is 3.19 bits per heavy atom. The van der Waals surface area contributed by atoms with E-state index in [9.17, 15) is 9.82 Å². The van der Waals surface area contributed by atoms with Crippen molar-refractivity contribution in [3.05, 3.63) is 30.0 Å². The second kappa shape index (κ2) is 6.80. The molecule has 0 radical (unpaired) electrons. The van der Waals surface area contributed by atoms with Gasteiger partial charge in [0.05, 0.1) is 6.20 Å². The summed E-state index contributed by atoms with van der Waals surface area (Å²) in [6.45, 7) is 5.76. The molecular formula is C19H24BN3O3. The number of H-pyrrole nitrogens is 1. The van der Waals surface area contributed by atoms with E-state index < -0.39 is 7.12 Å². The van der Waals surface area contributed by atoms with E-state index in [0.29, 0.717) is 24.6 Å². The monoisotopic (exact) mass is 353 g/mol. The van der Waals surface area contributed by atoms with Crippen LogP contribution in [0.5, 0.6) is 5.75 Å². The summed E-state index contributed by atoms with van der Waals surface area (Å²) in [5.41, 5.74) is 2.85. The van der Waals surface area contributed by atoms with Gasteiger partial charge in [0.2, 0.25) is 5.91 Å². The van der Waals surface area contributed by atoms with E-state index in [1.807, 2.05) is 24.1 Å². The zero-order valence-corrected chi connectivity index (χ0v) is 15.2. The Bertz CT molecular complexity index is 863. The molecule has 0 aliphatic carbocycles. The van der Waals surface area contributed by atoms with Crippen molar-refractivity contribution in [1.82, 2.24) is 14.9 Å². The Hall–Kier alpha value is -2.28. The molecule has 1 fully saturated rings. The van der Waals surface area contributed by atoms with Gasteiger partial charge < -0.3 is 19.6 Å². The lowest BCUT2D eigenvalue weighted by Crippen LogP contribution is -2.44. The number of aromatic amines is 1. The van der Waals surface area contributed by atoms with Crippen molar-refractivity contribution in [3.8, 4) is 5.75 Å². The molecule has 1 amide bonds. The molecule has 0 saturated carbocycles. The van der Waals surface area contributed by atoms with Crippen LogP contribution in [0, 0.1) is 11.8 Å². The molecule has 26 heavy (non-hydrogen) atoms. The van der Waals surface area contributed by atoms with Crippen molar-refractivity contribution in [2.45, 2.75) is 33.1 Å². The summed E-state index contributed by atoms with van der Waals surface area (Å²) >= 11 is 0. The van der Waals surface area contributed by atoms with Crippen LogP contribution in [0.3, 0.4) is 0 Å². The molecule has 2 aromatic heterocycles. The van der Waals surface area contributed by atoms with Crippen molar-refractivity contribution >= 4 is 29.6 Å². The summed E-state index contributed by atoms with van der Waals surface area (Å²) in [4.78, 5) is 21.9. The minimum absolute atomic E-state index is 0.169. The first-order chi connectivity index (χ1) is 12.6. The number of aromatic nitrogens is 2. The van der Waals surface area contributed by atoms with Crippen LogP contribution < -0.4 is 4.65 Å². The van der Waals surface area contributed by atoms with Gasteiger partial charge in [-0.25, -0.2) is 4.98 Å². The number of amides is 1. The van der Waals surface area contributed by atoms with Gasteiger partial charge in [-0.15, -0.1) is 0 Å². The molecule has 2 aliphatic heterocycles. The van der Waals surface area contributed by atoms with Crippen LogP contribution in [0.1, 0.15) is 38.7 Å². The third kappa shape index (κ3) is 2.90. The number of pyridine rings is 1. The predicted octanol–water partition coefficient (Wildman–Crippen LogP) is 2.64. The molecule has 136 valence electrons. The highest BCUT2D eigenvalue weighted by atomic mass is 16.5. The summed E-state index contributed by atoms with van der Waals surface area (Å²) in [7, 11) is -0.982. The first-order valence-electron chi connectivity index (χ1n) is 9.39. The molecule has 0 unspecified atom stereocenters. The van der Waals surface area contributed by atoms with E-state index in [4.69, 9.17) is 4.65 Å². The number of rotatable bonds is 3. The van der Waals surface area contributed by atoms with Crippen LogP contribution in [0.2, 0.25) is 0 Å². The number of nitrogens with zero attached hydrogens (tertiary/aromatic N) is 2. The van der Waals surface area contributed by atoms with Gasteiger partial charge in [-0.3, -0.25) is 4.79 Å². The molecular weight excluding hydrogens is 329 g/mol. The van der Waals surface area contributed by atoms with Crippen LogP contribution in [-0.2, 0) is 4.79 Å². The summed E-state index contributed by atoms with van der Waals surface area (Å²) in [5, 5.41) is 11.2. The zero-order valence-electron chi connectivity index (χ0n) is 15.2. The van der Waals surface area contributed by atoms with Gasteiger partial charge in [-0.1, -0.05) is 13.8 Å². The van der Waals surface area contributed by atoms with E-state index in [1.165, 1.54) is 0 Å². The van der Waals surface area contributed by atoms with Gasteiger partial charge in [0.25, 0.3) is 0 Å². The highest BCUT2D eigenvalue weighted by molar-refractivity contribution is 6.52. The fraction of sp³-hybridized carbons (Fsp3) is 0.474. The lowest BCUT2D eigenvalue weighted by Gasteiger charge is -2.40. The number of hydrogen-bond donors (Lipinski definition) is 2. The third-order valence-electron chi connectivity index (χ3n) is 5.58. The van der Waals surface area contributed by atoms with Crippen LogP contribution >= 0.6 is 0 Å². The molecule has 2 aliphatic rings. The Kier molecular flexibility index (Phi) is 4.48. The Morgan fingerprint density at radius 1 is 1.54 bits per heavy atom. The van der Waals surface area contributed by atoms with E-state index in [1.54, 1.807) is 12.2 Å². The fourth-order valence-electron chi connectivity index (χ4n) is 4.16. The van der Waals surface area contributed by atoms with Crippen LogP contribution in [0.4, 0.5) is 0 Å². The van der Waals surface area contributed by atoms with Crippen LogP contribution in [-0.4, -0.2) is 46.0 Å². The van der Waals surface area contributed by atoms with Gasteiger partial charge in [-0.2, -0.15) is 0 Å². The van der Waals surface area contributed by atoms with Crippen molar-refractivity contribution in [2.75, 3.05) is 13.1 Å². The van der Waals surface area contributed by atoms with Crippen molar-refractivity contribution in [3.63, 3.8) is 0 Å². The van der Waals surface area contributed by atoms with Gasteiger partial charge >= 0.3 is 7.12 Å². The topological polar surface area (TPSA) is 78.5 Å². The summed E-state index contributed by atoms with van der Waals surface area (Å²) in [5.74, 6) is 3.21. The van der Waals surface area contributed by atoms with E-state index in [2.05, 4.69) is 16.9 Å². The number of piperidine rings is 1. The van der Waals surface area contributed by atoms with Gasteiger partial charge in [0.15, 0.2) is 0 Å². The normalized spacial score (nSPS) is 22.8. The van der Waals surface area contributed by atoms with Crippen LogP contribution in [0.15, 0.2) is 24.4 Å². The SMILES string of the molecule is CCCC(=O)N1CC[C@H](C)[C@H](C2=CB(O)Oc3cnc4[nH]ccc4c32)C1. The number of hydrogen-bond acceptors (Lipinski definition) is 4. The molecule has 4 heterocycles. The maximum Gasteiger partial charge on any atom is 0.552 e. The average molecular weight is 353 g/mol. The Balaban J connectivity index is 1.74. The maximum atomic E-state index is 12.4. The minimum atomic E-state index is -0.982. The number of carbonyl (C=O) groups is 1. The molecule has 0 aromatic carbocycles. The second-order valence-corrected chi connectivity index (χ2v) is 7.33. The minimum Gasteiger partial charge on any atom is -0.531 e. The first-order valence-corrected chi connectivity index (χ1v) is 9.39. The lowest BCUT2D eigenvalue weighted by atomic mass is 9.71. The smallest absolute Gasteiger partial charge is 0.531 e. The lowest BCUT2D eigenvalue weighted by molar-refractivity contribution is -0.133. The molecule has 0 bridgehead atoms. The molecule has 0 spiro atoms. The molecule has 1 saturated heterocycles. The average Bonchev–Trinajstić information content (AvgIpc) is 3.10. The number of nitrogens with one attached hydrogen (secondary N) is 1. The van der Waals surface area contributed by atoms with Gasteiger partial charge in [0, 0.05) is 42.6 Å². The molecule has 2 aromatic rings. The second-order valence-electron chi connectivity index (χ2n) is 7.33. The Labute approximate surface area is 153 Å². The summed E-state index contributed by atoms with van der Waals surface area (Å²) in [6, 6.07) is 1.99. The molecule has 6 nitrogen and oxygen atoms in total. The number of carbonyl (C=O) groups excluding carboxylic acids is 1. The molecule has 7 heteroatoms. The molecule has 4 rings (SSSR count). The Morgan fingerprint density at radius 2 is 2.38 bits per heavy atom. The largest absolute Gasteiger partial charge is 0.552 e. The summed E-state index contributed by atoms with van der Waals surface area (Å²) < 4.78 is 5.60. The van der Waals surface area contributed by atoms with E-state index >= 15 is 0 Å². The highest BCUT2D eigenvalue weighted by Gasteiger charge is 2.36. The molecule has 2 N–H and O–H groups in total. The van der Waals surface area contributed by atoms with Crippen molar-refractivity contribution in [1.29, 1.82) is 0 Å². The third-order valence-corrected chi connectivity index (χ3v) is 5.58. The maximum absolute atomic E-state index is 12.4. The number of likely N-dealkylation sites (tertiary alicyclic amines) is 1. The van der Waals surface area contributed by atoms with Crippen molar-refractivity contribution in [2.24, 2.45) is 11.8 Å². The number of fused-ring (bicyclic) bond motifs is 3. The fourth-order valence-corrected chi connectivity index (χ4v) is 4.16. The van der Waals surface area contributed by atoms with Crippen LogP contribution in [0.25, 0.3) is 16.6 Å². The summed E-state index contributed by atoms with van der Waals surface area (Å²) in [6.07, 6.45) is 5.95. The van der Waals surface area contributed by atoms with E-state index in [0.717, 1.165) is 41.6 Å². The first kappa shape index (κ1) is 17.2. The van der Waals surface area contributed by atoms with Crippen molar-refractivity contribution < 1.29 is 14.5 Å². The van der Waals surface area contributed by atoms with E-state index in [-0.39, 0.29) is 11.8 Å². The molecule has 2 atom stereocenters. The predicted molar refractivity (Wildman–Crippen MR) is 101 cm³/mol. The standard InChI is InChI=1S/C19H24BN3O3/c1-3-4-17(24)23-8-6-12(2)15(11-23)14-9-20(25)26-16-10-22-19-13(18(14)16)5-7-21-19/h5,7,9-10,12,15,25H,3-4,6,8,11H2,1-2H3,(H,21,22)/t12-,15+/m0/s1. The zero-order chi connectivity index (χ0) is 18.3. The van der Waals surface area contributed by atoms with Gasteiger partial charge in [0.1, 0.15) is 11.4 Å². The quantitative estimate of drug-likeness (QED) is 0.832. The highest BCUT2D eigenvalue weighted by Crippen LogP contribution is 2.43.